The summed E-state index contributed by atoms with van der Waals surface area (Å²) >= 11 is 2.17. The summed E-state index contributed by atoms with van der Waals surface area (Å²) in [5, 5.41) is 16.1. The molecule has 7 nitrogen and oxygen atoms in total. The number of nitrogens with one attached hydrogen (secondary N) is 1. The van der Waals surface area contributed by atoms with Crippen molar-refractivity contribution in [2.75, 3.05) is 13.1 Å². The van der Waals surface area contributed by atoms with Crippen LogP contribution in [-0.4, -0.2) is 44.9 Å². The van der Waals surface area contributed by atoms with Gasteiger partial charge in [-0.15, -0.1) is 0 Å². The van der Waals surface area contributed by atoms with E-state index in [-0.39, 0.29) is 12.6 Å². The molecule has 20 heavy (non-hydrogen) atoms. The number of aliphatic carboxylic acids is 1. The first-order valence-corrected chi connectivity index (χ1v) is 7.49. The lowest BCUT2D eigenvalue weighted by molar-refractivity contribution is -0.143. The maximum atomic E-state index is 12.0. The summed E-state index contributed by atoms with van der Waals surface area (Å²) in [4.78, 5) is 24.6. The van der Waals surface area contributed by atoms with E-state index in [0.717, 1.165) is 15.7 Å². The van der Waals surface area contributed by atoms with E-state index in [1.165, 1.54) is 0 Å². The number of amides is 2. The second-order valence-electron chi connectivity index (χ2n) is 4.88. The molecule has 1 atom stereocenters. The molecule has 1 unspecified atom stereocenters. The van der Waals surface area contributed by atoms with E-state index in [1.807, 2.05) is 13.2 Å². The van der Waals surface area contributed by atoms with Crippen molar-refractivity contribution in [3.63, 3.8) is 0 Å². The molecule has 2 N–H and O–H groups in total. The molecule has 8 heteroatoms. The standard InChI is InChI=1S/C12H17IN4O3/c1-16-7-9(13)10(15-16)5-14-12(20)17-4-2-3-8(6-17)11(18)19/h7-8H,2-6H2,1H3,(H,14,20)(H,18,19). The van der Waals surface area contributed by atoms with Crippen molar-refractivity contribution in [3.8, 4) is 0 Å². The lowest BCUT2D eigenvalue weighted by Crippen LogP contribution is -2.46. The molecular weight excluding hydrogens is 375 g/mol. The summed E-state index contributed by atoms with van der Waals surface area (Å²) in [6.07, 6.45) is 3.24. The van der Waals surface area contributed by atoms with Crippen molar-refractivity contribution in [2.24, 2.45) is 13.0 Å². The molecule has 1 aliphatic heterocycles. The van der Waals surface area contributed by atoms with Crippen LogP contribution >= 0.6 is 22.6 Å². The maximum absolute atomic E-state index is 12.0. The summed E-state index contributed by atoms with van der Waals surface area (Å²) in [6, 6.07) is -0.225. The highest BCUT2D eigenvalue weighted by molar-refractivity contribution is 14.1. The van der Waals surface area contributed by atoms with Gasteiger partial charge in [0.2, 0.25) is 0 Å². The highest BCUT2D eigenvalue weighted by Crippen LogP contribution is 2.16. The smallest absolute Gasteiger partial charge is 0.317 e. The summed E-state index contributed by atoms with van der Waals surface area (Å²) < 4.78 is 2.69. The van der Waals surface area contributed by atoms with Gasteiger partial charge >= 0.3 is 12.0 Å². The molecule has 0 radical (unpaired) electrons. The van der Waals surface area contributed by atoms with Gasteiger partial charge in [-0.25, -0.2) is 4.79 Å². The number of carbonyl (C=O) groups is 2. The number of carboxylic acids is 1. The number of carbonyl (C=O) groups excluding carboxylic acids is 1. The molecule has 110 valence electrons. The van der Waals surface area contributed by atoms with Gasteiger partial charge in [0.25, 0.3) is 0 Å². The minimum absolute atomic E-state index is 0.225. The molecule has 0 bridgehead atoms. The van der Waals surface area contributed by atoms with Gasteiger partial charge in [0.05, 0.1) is 21.7 Å². The van der Waals surface area contributed by atoms with Gasteiger partial charge in [-0.1, -0.05) is 0 Å². The molecule has 0 spiro atoms. The Kier molecular flexibility index (Phi) is 4.84. The van der Waals surface area contributed by atoms with Crippen LogP contribution in [0.4, 0.5) is 4.79 Å². The zero-order valence-corrected chi connectivity index (χ0v) is 13.3. The highest BCUT2D eigenvalue weighted by Gasteiger charge is 2.28. The number of likely N-dealkylation sites (tertiary alicyclic amines) is 1. The number of urea groups is 1. The molecular formula is C12H17IN4O3. The molecule has 2 rings (SSSR count). The summed E-state index contributed by atoms with van der Waals surface area (Å²) in [5.74, 6) is -1.29. The minimum atomic E-state index is -0.832. The van der Waals surface area contributed by atoms with Crippen LogP contribution in [0.1, 0.15) is 18.5 Å². The fourth-order valence-corrected chi connectivity index (χ4v) is 2.96. The summed E-state index contributed by atoms with van der Waals surface area (Å²) in [7, 11) is 1.83. The molecule has 2 heterocycles. The van der Waals surface area contributed by atoms with Crippen LogP contribution < -0.4 is 5.32 Å². The van der Waals surface area contributed by atoms with Crippen molar-refractivity contribution in [1.82, 2.24) is 20.0 Å². The van der Waals surface area contributed by atoms with Crippen molar-refractivity contribution in [2.45, 2.75) is 19.4 Å². The third-order valence-corrected chi connectivity index (χ3v) is 4.22. The molecule has 2 amide bonds. The zero-order chi connectivity index (χ0) is 14.7. The minimum Gasteiger partial charge on any atom is -0.481 e. The average Bonchev–Trinajstić information content (AvgIpc) is 2.74. The van der Waals surface area contributed by atoms with Gasteiger partial charge in [-0.05, 0) is 35.4 Å². The summed E-state index contributed by atoms with van der Waals surface area (Å²) in [5.41, 5.74) is 0.813. The van der Waals surface area contributed by atoms with E-state index in [2.05, 4.69) is 33.0 Å². The molecule has 1 aliphatic rings. The Morgan fingerprint density at radius 2 is 2.35 bits per heavy atom. The lowest BCUT2D eigenvalue weighted by atomic mass is 9.99. The summed E-state index contributed by atoms with van der Waals surface area (Å²) in [6.45, 7) is 1.24. The number of aromatic nitrogens is 2. The molecule has 1 saturated heterocycles. The van der Waals surface area contributed by atoms with Crippen molar-refractivity contribution in [3.05, 3.63) is 15.5 Å². The first kappa shape index (κ1) is 15.1. The van der Waals surface area contributed by atoms with Crippen LogP contribution in [0, 0.1) is 9.49 Å². The zero-order valence-electron chi connectivity index (χ0n) is 11.2. The lowest BCUT2D eigenvalue weighted by Gasteiger charge is -2.30. The number of piperidine rings is 1. The Bertz CT molecular complexity index is 517. The monoisotopic (exact) mass is 392 g/mol. The van der Waals surface area contributed by atoms with Crippen molar-refractivity contribution >= 4 is 34.6 Å². The van der Waals surface area contributed by atoms with Crippen molar-refractivity contribution in [1.29, 1.82) is 0 Å². The van der Waals surface area contributed by atoms with E-state index in [9.17, 15) is 9.59 Å². The van der Waals surface area contributed by atoms with E-state index < -0.39 is 11.9 Å². The quantitative estimate of drug-likeness (QED) is 0.753. The fraction of sp³-hybridized carbons (Fsp3) is 0.583. The van der Waals surface area contributed by atoms with Crippen LogP contribution in [0.2, 0.25) is 0 Å². The van der Waals surface area contributed by atoms with Gasteiger partial charge < -0.3 is 15.3 Å². The number of aryl methyl sites for hydroxylation is 1. The Balaban J connectivity index is 1.88. The number of nitrogens with zero attached hydrogens (tertiary/aromatic N) is 3. The van der Waals surface area contributed by atoms with Gasteiger partial charge in [0.15, 0.2) is 0 Å². The van der Waals surface area contributed by atoms with Crippen molar-refractivity contribution < 1.29 is 14.7 Å². The Labute approximate surface area is 130 Å². The SMILES string of the molecule is Cn1cc(I)c(CNC(=O)N2CCCC(C(=O)O)C2)n1. The predicted molar refractivity (Wildman–Crippen MR) is 80.1 cm³/mol. The van der Waals surface area contributed by atoms with Gasteiger partial charge in [-0.3, -0.25) is 9.48 Å². The number of hydrogen-bond donors (Lipinski definition) is 2. The van der Waals surface area contributed by atoms with E-state index in [1.54, 1.807) is 9.58 Å². The average molecular weight is 392 g/mol. The normalized spacial score (nSPS) is 18.9. The van der Waals surface area contributed by atoms with Gasteiger partial charge in [0, 0.05) is 26.3 Å². The molecule has 0 aliphatic carbocycles. The maximum Gasteiger partial charge on any atom is 0.317 e. The topological polar surface area (TPSA) is 87.5 Å². The van der Waals surface area contributed by atoms with Crippen LogP contribution in [0.25, 0.3) is 0 Å². The predicted octanol–water partition coefficient (Wildman–Crippen LogP) is 1.03. The molecule has 1 aromatic heterocycles. The second kappa shape index (κ2) is 6.42. The number of hydrogen-bond acceptors (Lipinski definition) is 3. The first-order chi connectivity index (χ1) is 9.47. The van der Waals surface area contributed by atoms with Crippen LogP contribution in [0.5, 0.6) is 0 Å². The molecule has 0 aromatic carbocycles. The van der Waals surface area contributed by atoms with Crippen LogP contribution in [0.15, 0.2) is 6.20 Å². The third kappa shape index (κ3) is 3.62. The van der Waals surface area contributed by atoms with Gasteiger partial charge in [0.1, 0.15) is 0 Å². The Morgan fingerprint density at radius 3 is 2.95 bits per heavy atom. The largest absolute Gasteiger partial charge is 0.481 e. The molecule has 0 saturated carbocycles. The van der Waals surface area contributed by atoms with E-state index in [0.29, 0.717) is 19.5 Å². The second-order valence-corrected chi connectivity index (χ2v) is 6.04. The Morgan fingerprint density at radius 1 is 1.60 bits per heavy atom. The number of halogens is 1. The Hall–Kier alpha value is -1.32. The molecule has 1 aromatic rings. The number of carboxylic acid groups (broad SMARTS) is 1. The van der Waals surface area contributed by atoms with Gasteiger partial charge in [-0.2, -0.15) is 5.10 Å². The molecule has 1 fully saturated rings. The first-order valence-electron chi connectivity index (χ1n) is 6.41. The third-order valence-electron chi connectivity index (χ3n) is 3.32. The highest BCUT2D eigenvalue weighted by atomic mass is 127. The number of rotatable bonds is 3. The fourth-order valence-electron chi connectivity index (χ4n) is 2.26. The van der Waals surface area contributed by atoms with E-state index in [4.69, 9.17) is 5.11 Å². The van der Waals surface area contributed by atoms with Crippen LogP contribution in [0.3, 0.4) is 0 Å². The van der Waals surface area contributed by atoms with Crippen LogP contribution in [-0.2, 0) is 18.4 Å². The van der Waals surface area contributed by atoms with E-state index >= 15 is 0 Å².